The van der Waals surface area contributed by atoms with Crippen molar-refractivity contribution in [3.05, 3.63) is 66.6 Å². The van der Waals surface area contributed by atoms with Gasteiger partial charge in [-0.1, -0.05) is 36.4 Å². The molecule has 0 radical (unpaired) electrons. The van der Waals surface area contributed by atoms with E-state index in [1.807, 2.05) is 42.5 Å². The molecule has 0 bridgehead atoms. The Balaban J connectivity index is 1.76. The van der Waals surface area contributed by atoms with E-state index < -0.39 is 0 Å². The van der Waals surface area contributed by atoms with Crippen LogP contribution in [-0.2, 0) is 0 Å². The highest BCUT2D eigenvalue weighted by Crippen LogP contribution is 2.22. The van der Waals surface area contributed by atoms with E-state index >= 15 is 0 Å². The number of thiocarbonyl (C=S) groups is 1. The molecule has 2 N–H and O–H groups in total. The van der Waals surface area contributed by atoms with Gasteiger partial charge in [-0.3, -0.25) is 10.1 Å². The average molecular weight is 296 g/mol. The van der Waals surface area contributed by atoms with Crippen LogP contribution in [0.1, 0.15) is 10.6 Å². The maximum absolute atomic E-state index is 11.8. The first-order valence-corrected chi connectivity index (χ1v) is 6.78. The molecule has 0 fully saturated rings. The highest BCUT2D eigenvalue weighted by atomic mass is 32.1. The van der Waals surface area contributed by atoms with Crippen molar-refractivity contribution in [2.45, 2.75) is 0 Å². The van der Waals surface area contributed by atoms with E-state index in [0.29, 0.717) is 0 Å². The number of hydrogen-bond acceptors (Lipinski definition) is 3. The van der Waals surface area contributed by atoms with E-state index in [9.17, 15) is 4.79 Å². The first kappa shape index (κ1) is 13.3. The summed E-state index contributed by atoms with van der Waals surface area (Å²) in [6.07, 6.45) is 1.44. The summed E-state index contributed by atoms with van der Waals surface area (Å²) >= 11 is 5.16. The number of amides is 1. The normalized spacial score (nSPS) is 10.3. The van der Waals surface area contributed by atoms with Gasteiger partial charge in [0.05, 0.1) is 6.26 Å². The number of carbonyl (C=O) groups is 1. The van der Waals surface area contributed by atoms with Gasteiger partial charge in [0.1, 0.15) is 0 Å². The van der Waals surface area contributed by atoms with Gasteiger partial charge in [-0.25, -0.2) is 0 Å². The number of rotatable bonds is 2. The minimum atomic E-state index is -0.377. The molecule has 0 saturated heterocycles. The van der Waals surface area contributed by atoms with Gasteiger partial charge < -0.3 is 9.73 Å². The molecule has 3 rings (SSSR count). The van der Waals surface area contributed by atoms with Gasteiger partial charge in [-0.05, 0) is 35.8 Å². The molecule has 3 aromatic rings. The van der Waals surface area contributed by atoms with Gasteiger partial charge in [0.15, 0.2) is 10.9 Å². The molecule has 0 aliphatic heterocycles. The highest BCUT2D eigenvalue weighted by Gasteiger charge is 2.10. The van der Waals surface area contributed by atoms with Crippen LogP contribution in [-0.4, -0.2) is 11.0 Å². The Morgan fingerprint density at radius 3 is 2.62 bits per heavy atom. The zero-order valence-electron chi connectivity index (χ0n) is 11.0. The Bertz CT molecular complexity index is 792. The molecule has 1 amide bonds. The number of hydrogen-bond donors (Lipinski definition) is 2. The van der Waals surface area contributed by atoms with Crippen molar-refractivity contribution < 1.29 is 9.21 Å². The molecule has 0 atom stereocenters. The summed E-state index contributed by atoms with van der Waals surface area (Å²) in [5.74, 6) is -0.158. The SMILES string of the molecule is O=C(NC(=S)Nc1cccc2ccccc12)c1ccco1. The van der Waals surface area contributed by atoms with E-state index in [1.165, 1.54) is 6.26 Å². The predicted octanol–water partition coefficient (Wildman–Crippen LogP) is 3.56. The lowest BCUT2D eigenvalue weighted by Gasteiger charge is -2.11. The van der Waals surface area contributed by atoms with Gasteiger partial charge >= 0.3 is 0 Å². The fourth-order valence-electron chi connectivity index (χ4n) is 2.06. The molecule has 0 aliphatic rings. The molecular formula is C16H12N2O2S. The molecule has 5 heteroatoms. The van der Waals surface area contributed by atoms with Crippen LogP contribution in [0.15, 0.2) is 65.3 Å². The maximum atomic E-state index is 11.8. The fraction of sp³-hybridized carbons (Fsp3) is 0. The van der Waals surface area contributed by atoms with Crippen molar-refractivity contribution in [3.63, 3.8) is 0 Å². The number of benzene rings is 2. The first-order valence-electron chi connectivity index (χ1n) is 6.37. The second kappa shape index (κ2) is 5.76. The summed E-state index contributed by atoms with van der Waals surface area (Å²) in [5, 5.41) is 7.98. The van der Waals surface area contributed by atoms with Crippen LogP contribution in [0.4, 0.5) is 5.69 Å². The summed E-state index contributed by atoms with van der Waals surface area (Å²) in [5.41, 5.74) is 0.845. The number of furan rings is 1. The lowest BCUT2D eigenvalue weighted by Crippen LogP contribution is -2.33. The van der Waals surface area contributed by atoms with Crippen molar-refractivity contribution >= 4 is 39.7 Å². The van der Waals surface area contributed by atoms with Crippen LogP contribution < -0.4 is 10.6 Å². The Kier molecular flexibility index (Phi) is 3.66. The van der Waals surface area contributed by atoms with Crippen LogP contribution in [0.25, 0.3) is 10.8 Å². The lowest BCUT2D eigenvalue weighted by atomic mass is 10.1. The molecule has 104 valence electrons. The van der Waals surface area contributed by atoms with Crippen molar-refractivity contribution in [3.8, 4) is 0 Å². The van der Waals surface area contributed by atoms with Gasteiger partial charge in [-0.15, -0.1) is 0 Å². The molecule has 1 heterocycles. The average Bonchev–Trinajstić information content (AvgIpc) is 3.02. The molecule has 2 aromatic carbocycles. The Morgan fingerprint density at radius 1 is 1.00 bits per heavy atom. The number of nitrogens with one attached hydrogen (secondary N) is 2. The summed E-state index contributed by atoms with van der Waals surface area (Å²) < 4.78 is 5.02. The van der Waals surface area contributed by atoms with E-state index in [2.05, 4.69) is 10.6 Å². The molecule has 0 unspecified atom stereocenters. The van der Waals surface area contributed by atoms with Crippen LogP contribution in [0.3, 0.4) is 0 Å². The van der Waals surface area contributed by atoms with Crippen molar-refractivity contribution in [2.24, 2.45) is 0 Å². The smallest absolute Gasteiger partial charge is 0.293 e. The van der Waals surface area contributed by atoms with Crippen LogP contribution in [0, 0.1) is 0 Å². The highest BCUT2D eigenvalue weighted by molar-refractivity contribution is 7.80. The molecular weight excluding hydrogens is 284 g/mol. The third kappa shape index (κ3) is 2.93. The third-order valence-electron chi connectivity index (χ3n) is 3.01. The van der Waals surface area contributed by atoms with Gasteiger partial charge in [-0.2, -0.15) is 0 Å². The topological polar surface area (TPSA) is 54.3 Å². The zero-order chi connectivity index (χ0) is 14.7. The Hall–Kier alpha value is -2.66. The van der Waals surface area contributed by atoms with Crippen molar-refractivity contribution in [1.29, 1.82) is 0 Å². The number of carbonyl (C=O) groups excluding carboxylic acids is 1. The van der Waals surface area contributed by atoms with Gasteiger partial charge in [0.25, 0.3) is 5.91 Å². The number of fused-ring (bicyclic) bond motifs is 1. The summed E-state index contributed by atoms with van der Waals surface area (Å²) in [6.45, 7) is 0. The second-order valence-electron chi connectivity index (χ2n) is 4.41. The summed E-state index contributed by atoms with van der Waals surface area (Å²) in [7, 11) is 0. The fourth-order valence-corrected chi connectivity index (χ4v) is 2.26. The van der Waals surface area contributed by atoms with Gasteiger partial charge in [0, 0.05) is 11.1 Å². The third-order valence-corrected chi connectivity index (χ3v) is 3.21. The monoisotopic (exact) mass is 296 g/mol. The maximum Gasteiger partial charge on any atom is 0.293 e. The minimum Gasteiger partial charge on any atom is -0.459 e. The molecule has 0 spiro atoms. The Labute approximate surface area is 126 Å². The minimum absolute atomic E-state index is 0.220. The standard InChI is InChI=1S/C16H12N2O2S/c19-15(14-9-4-10-20-14)18-16(21)17-13-8-3-6-11-5-1-2-7-12(11)13/h1-10H,(H2,17,18,19,21). The van der Waals surface area contributed by atoms with Crippen LogP contribution in [0.2, 0.25) is 0 Å². The van der Waals surface area contributed by atoms with E-state index in [0.717, 1.165) is 16.5 Å². The molecule has 1 aromatic heterocycles. The van der Waals surface area contributed by atoms with Crippen LogP contribution in [0.5, 0.6) is 0 Å². The molecule has 4 nitrogen and oxygen atoms in total. The lowest BCUT2D eigenvalue weighted by molar-refractivity contribution is 0.0950. The van der Waals surface area contributed by atoms with E-state index in [1.54, 1.807) is 12.1 Å². The number of anilines is 1. The van der Waals surface area contributed by atoms with Crippen LogP contribution >= 0.6 is 12.2 Å². The summed E-state index contributed by atoms with van der Waals surface area (Å²) in [4.78, 5) is 11.8. The largest absolute Gasteiger partial charge is 0.459 e. The Morgan fingerprint density at radius 2 is 1.81 bits per heavy atom. The van der Waals surface area contributed by atoms with E-state index in [4.69, 9.17) is 16.6 Å². The van der Waals surface area contributed by atoms with Gasteiger partial charge in [0.2, 0.25) is 0 Å². The van der Waals surface area contributed by atoms with E-state index in [-0.39, 0.29) is 16.8 Å². The van der Waals surface area contributed by atoms with Crippen molar-refractivity contribution in [2.75, 3.05) is 5.32 Å². The predicted molar refractivity (Wildman–Crippen MR) is 86.3 cm³/mol. The second-order valence-corrected chi connectivity index (χ2v) is 4.82. The molecule has 0 aliphatic carbocycles. The first-order chi connectivity index (χ1) is 10.2. The zero-order valence-corrected chi connectivity index (χ0v) is 11.8. The quantitative estimate of drug-likeness (QED) is 0.710. The molecule has 0 saturated carbocycles. The van der Waals surface area contributed by atoms with Crippen molar-refractivity contribution in [1.82, 2.24) is 5.32 Å². The summed E-state index contributed by atoms with van der Waals surface area (Å²) in [6, 6.07) is 17.0. The molecule has 21 heavy (non-hydrogen) atoms.